The van der Waals surface area contributed by atoms with Gasteiger partial charge in [0.05, 0.1) is 13.4 Å². The SMILES string of the molecule is COc1cccc(Sc2nc(N)nc3nc[nH]c23)c1. The van der Waals surface area contributed by atoms with Crippen LogP contribution in [0.1, 0.15) is 0 Å². The molecular formula is C12H11N5OS. The number of nitrogens with zero attached hydrogens (tertiary/aromatic N) is 3. The van der Waals surface area contributed by atoms with Crippen LogP contribution in [-0.4, -0.2) is 27.0 Å². The number of hydrogen-bond acceptors (Lipinski definition) is 6. The van der Waals surface area contributed by atoms with Crippen molar-refractivity contribution in [2.75, 3.05) is 12.8 Å². The molecule has 6 nitrogen and oxygen atoms in total. The second-order valence-corrected chi connectivity index (χ2v) is 4.83. The van der Waals surface area contributed by atoms with Crippen molar-refractivity contribution in [1.82, 2.24) is 19.9 Å². The Hall–Kier alpha value is -2.28. The van der Waals surface area contributed by atoms with E-state index in [0.717, 1.165) is 21.2 Å². The molecule has 96 valence electrons. The number of methoxy groups -OCH3 is 1. The maximum atomic E-state index is 5.68. The molecule has 0 aliphatic heterocycles. The Bertz CT molecular complexity index is 727. The summed E-state index contributed by atoms with van der Waals surface area (Å²) in [4.78, 5) is 16.4. The number of benzene rings is 1. The van der Waals surface area contributed by atoms with Gasteiger partial charge in [-0.25, -0.2) is 9.97 Å². The number of rotatable bonds is 3. The Kier molecular flexibility index (Phi) is 2.96. The van der Waals surface area contributed by atoms with Crippen LogP contribution < -0.4 is 10.5 Å². The molecule has 0 spiro atoms. The van der Waals surface area contributed by atoms with Gasteiger partial charge in [0.2, 0.25) is 5.95 Å². The number of nitrogens with one attached hydrogen (secondary N) is 1. The molecule has 19 heavy (non-hydrogen) atoms. The van der Waals surface area contributed by atoms with Crippen molar-refractivity contribution in [3.8, 4) is 5.75 Å². The van der Waals surface area contributed by atoms with Crippen LogP contribution in [0.3, 0.4) is 0 Å². The number of H-pyrrole nitrogens is 1. The van der Waals surface area contributed by atoms with E-state index in [1.807, 2.05) is 24.3 Å². The molecule has 0 saturated heterocycles. The summed E-state index contributed by atoms with van der Waals surface area (Å²) in [6.07, 6.45) is 1.58. The van der Waals surface area contributed by atoms with E-state index in [-0.39, 0.29) is 5.95 Å². The number of imidazole rings is 1. The predicted molar refractivity (Wildman–Crippen MR) is 73.2 cm³/mol. The van der Waals surface area contributed by atoms with E-state index < -0.39 is 0 Å². The number of nitrogen functional groups attached to an aromatic ring is 1. The molecule has 0 saturated carbocycles. The van der Waals surface area contributed by atoms with Crippen LogP contribution in [0.25, 0.3) is 11.2 Å². The summed E-state index contributed by atoms with van der Waals surface area (Å²) in [6.45, 7) is 0. The Morgan fingerprint density at radius 2 is 2.21 bits per heavy atom. The van der Waals surface area contributed by atoms with Crippen LogP contribution in [0.15, 0.2) is 40.5 Å². The smallest absolute Gasteiger partial charge is 0.223 e. The molecule has 7 heteroatoms. The third kappa shape index (κ3) is 2.32. The minimum Gasteiger partial charge on any atom is -0.497 e. The topological polar surface area (TPSA) is 89.7 Å². The number of fused-ring (bicyclic) bond motifs is 1. The van der Waals surface area contributed by atoms with Gasteiger partial charge in [-0.05, 0) is 18.2 Å². The molecule has 0 bridgehead atoms. The maximum absolute atomic E-state index is 5.68. The first-order chi connectivity index (χ1) is 9.26. The van der Waals surface area contributed by atoms with E-state index >= 15 is 0 Å². The van der Waals surface area contributed by atoms with Crippen LogP contribution in [0.5, 0.6) is 5.75 Å². The molecule has 0 aliphatic carbocycles. The molecule has 3 aromatic rings. The number of hydrogen-bond donors (Lipinski definition) is 2. The summed E-state index contributed by atoms with van der Waals surface area (Å²) in [6, 6.07) is 7.74. The Morgan fingerprint density at radius 3 is 3.05 bits per heavy atom. The summed E-state index contributed by atoms with van der Waals surface area (Å²) < 4.78 is 5.20. The van der Waals surface area contributed by atoms with Gasteiger partial charge >= 0.3 is 0 Å². The second-order valence-electron chi connectivity index (χ2n) is 3.77. The van der Waals surface area contributed by atoms with E-state index in [4.69, 9.17) is 10.5 Å². The lowest BCUT2D eigenvalue weighted by molar-refractivity contribution is 0.413. The Labute approximate surface area is 113 Å². The van der Waals surface area contributed by atoms with Crippen molar-refractivity contribution < 1.29 is 4.74 Å². The zero-order valence-corrected chi connectivity index (χ0v) is 10.9. The third-order valence-electron chi connectivity index (χ3n) is 2.53. The maximum Gasteiger partial charge on any atom is 0.223 e. The van der Waals surface area contributed by atoms with Gasteiger partial charge in [-0.15, -0.1) is 0 Å². The molecule has 0 fully saturated rings. The first kappa shape index (κ1) is 11.8. The summed E-state index contributed by atoms with van der Waals surface area (Å²) in [5.74, 6) is 1.01. The zero-order chi connectivity index (χ0) is 13.2. The average molecular weight is 273 g/mol. The van der Waals surface area contributed by atoms with Crippen LogP contribution in [0.2, 0.25) is 0 Å². The molecule has 0 unspecified atom stereocenters. The number of aromatic nitrogens is 4. The Morgan fingerprint density at radius 1 is 1.32 bits per heavy atom. The predicted octanol–water partition coefficient (Wildman–Crippen LogP) is 2.09. The molecule has 1 aromatic carbocycles. The van der Waals surface area contributed by atoms with Gasteiger partial charge < -0.3 is 15.5 Å². The second kappa shape index (κ2) is 4.77. The zero-order valence-electron chi connectivity index (χ0n) is 10.1. The molecule has 0 atom stereocenters. The van der Waals surface area contributed by atoms with Gasteiger partial charge in [0.15, 0.2) is 5.65 Å². The van der Waals surface area contributed by atoms with E-state index in [1.54, 1.807) is 13.4 Å². The largest absolute Gasteiger partial charge is 0.497 e. The molecule has 3 rings (SSSR count). The fourth-order valence-electron chi connectivity index (χ4n) is 1.67. The minimum atomic E-state index is 0.213. The summed E-state index contributed by atoms with van der Waals surface area (Å²) >= 11 is 1.48. The quantitative estimate of drug-likeness (QED) is 0.710. The van der Waals surface area contributed by atoms with Gasteiger partial charge in [-0.1, -0.05) is 17.8 Å². The number of ether oxygens (including phenoxy) is 1. The molecule has 2 heterocycles. The minimum absolute atomic E-state index is 0.213. The molecule has 0 amide bonds. The van der Waals surface area contributed by atoms with E-state index in [2.05, 4.69) is 19.9 Å². The van der Waals surface area contributed by atoms with Crippen molar-refractivity contribution in [2.45, 2.75) is 9.92 Å². The lowest BCUT2D eigenvalue weighted by atomic mass is 10.3. The monoisotopic (exact) mass is 273 g/mol. The number of nitrogens with two attached hydrogens (primary N) is 1. The average Bonchev–Trinajstić information content (AvgIpc) is 2.87. The fraction of sp³-hybridized carbons (Fsp3) is 0.0833. The molecule has 2 aromatic heterocycles. The number of anilines is 1. The summed E-state index contributed by atoms with van der Waals surface area (Å²) in [5, 5.41) is 0.744. The lowest BCUT2D eigenvalue weighted by Gasteiger charge is -2.05. The first-order valence-corrected chi connectivity index (χ1v) is 6.36. The lowest BCUT2D eigenvalue weighted by Crippen LogP contribution is -1.96. The fourth-order valence-corrected chi connectivity index (χ4v) is 2.61. The highest BCUT2D eigenvalue weighted by atomic mass is 32.2. The van der Waals surface area contributed by atoms with Crippen LogP contribution in [0, 0.1) is 0 Å². The van der Waals surface area contributed by atoms with Crippen molar-refractivity contribution in [3.05, 3.63) is 30.6 Å². The molecule has 0 radical (unpaired) electrons. The highest BCUT2D eigenvalue weighted by molar-refractivity contribution is 7.99. The van der Waals surface area contributed by atoms with Crippen molar-refractivity contribution in [3.63, 3.8) is 0 Å². The van der Waals surface area contributed by atoms with Crippen LogP contribution in [0.4, 0.5) is 5.95 Å². The number of aromatic amines is 1. The summed E-state index contributed by atoms with van der Waals surface area (Å²) in [5.41, 5.74) is 7.03. The van der Waals surface area contributed by atoms with Crippen LogP contribution >= 0.6 is 11.8 Å². The highest BCUT2D eigenvalue weighted by Crippen LogP contribution is 2.32. The van der Waals surface area contributed by atoms with Crippen molar-refractivity contribution in [2.24, 2.45) is 0 Å². The van der Waals surface area contributed by atoms with E-state index in [1.165, 1.54) is 11.8 Å². The third-order valence-corrected chi connectivity index (χ3v) is 3.50. The highest BCUT2D eigenvalue weighted by Gasteiger charge is 2.10. The van der Waals surface area contributed by atoms with Gasteiger partial charge in [-0.3, -0.25) is 0 Å². The van der Waals surface area contributed by atoms with Gasteiger partial charge in [0, 0.05) is 4.90 Å². The molecule has 3 N–H and O–H groups in total. The Balaban J connectivity index is 2.02. The first-order valence-electron chi connectivity index (χ1n) is 5.55. The standard InChI is InChI=1S/C12H11N5OS/c1-18-7-3-2-4-8(5-7)19-11-9-10(15-6-14-9)16-12(13)17-11/h2-6H,1H3,(H3,13,14,15,16,17). The molecular weight excluding hydrogens is 262 g/mol. The van der Waals surface area contributed by atoms with E-state index in [9.17, 15) is 0 Å². The molecule has 0 aliphatic rings. The van der Waals surface area contributed by atoms with Crippen molar-refractivity contribution >= 4 is 28.9 Å². The van der Waals surface area contributed by atoms with Gasteiger partial charge in [0.25, 0.3) is 0 Å². The van der Waals surface area contributed by atoms with Gasteiger partial charge in [-0.2, -0.15) is 4.98 Å². The van der Waals surface area contributed by atoms with Crippen LogP contribution in [-0.2, 0) is 0 Å². The summed E-state index contributed by atoms with van der Waals surface area (Å²) in [7, 11) is 1.64. The normalized spacial score (nSPS) is 10.8. The van der Waals surface area contributed by atoms with Gasteiger partial charge in [0.1, 0.15) is 16.3 Å². The van der Waals surface area contributed by atoms with Crippen molar-refractivity contribution in [1.29, 1.82) is 0 Å². The van der Waals surface area contributed by atoms with E-state index in [0.29, 0.717) is 5.65 Å².